The van der Waals surface area contributed by atoms with Crippen molar-refractivity contribution < 1.29 is 0 Å². The van der Waals surface area contributed by atoms with Crippen molar-refractivity contribution in [3.05, 3.63) is 0 Å². The van der Waals surface area contributed by atoms with Crippen LogP contribution in [0.4, 0.5) is 0 Å². The zero-order chi connectivity index (χ0) is 12.0. The number of likely N-dealkylation sites (N-methyl/N-ethyl adjacent to an activating group) is 2. The summed E-state index contributed by atoms with van der Waals surface area (Å²) < 4.78 is 0. The third-order valence-electron chi connectivity index (χ3n) is 3.39. The topological polar surface area (TPSA) is 42.3 Å². The van der Waals surface area contributed by atoms with Crippen molar-refractivity contribution in [2.75, 3.05) is 40.3 Å². The highest BCUT2D eigenvalue weighted by Crippen LogP contribution is 2.14. The van der Waals surface area contributed by atoms with Crippen molar-refractivity contribution in [3.63, 3.8) is 0 Å². The highest BCUT2D eigenvalue weighted by molar-refractivity contribution is 4.92. The first kappa shape index (κ1) is 13.4. The molecule has 92 valence electrons. The van der Waals surface area contributed by atoms with Gasteiger partial charge in [-0.15, -0.1) is 0 Å². The summed E-state index contributed by atoms with van der Waals surface area (Å²) in [7, 11) is 4.31. The number of hydrogen-bond donors (Lipinski definition) is 1. The van der Waals surface area contributed by atoms with E-state index in [2.05, 4.69) is 35.3 Å². The van der Waals surface area contributed by atoms with Gasteiger partial charge in [0.1, 0.15) is 6.04 Å². The second kappa shape index (κ2) is 6.85. The van der Waals surface area contributed by atoms with E-state index in [4.69, 9.17) is 5.26 Å². The van der Waals surface area contributed by atoms with Gasteiger partial charge >= 0.3 is 0 Å². The molecule has 1 fully saturated rings. The fourth-order valence-corrected chi connectivity index (χ4v) is 2.27. The predicted molar refractivity (Wildman–Crippen MR) is 66.2 cm³/mol. The standard InChI is InChI=1S/C12H24N4/c1-4-14-11(9-13)10-16(3)12-5-7-15(2)8-6-12/h11-12,14H,4-8,10H2,1-3H3. The Hall–Kier alpha value is -0.630. The van der Waals surface area contributed by atoms with Gasteiger partial charge in [-0.25, -0.2) is 0 Å². The lowest BCUT2D eigenvalue weighted by Crippen LogP contribution is -2.47. The van der Waals surface area contributed by atoms with Crippen molar-refractivity contribution in [3.8, 4) is 6.07 Å². The summed E-state index contributed by atoms with van der Waals surface area (Å²) in [4.78, 5) is 4.71. The van der Waals surface area contributed by atoms with Crippen LogP contribution in [0.1, 0.15) is 19.8 Å². The zero-order valence-corrected chi connectivity index (χ0v) is 10.7. The molecule has 0 aromatic rings. The number of likely N-dealkylation sites (tertiary alicyclic amines) is 1. The van der Waals surface area contributed by atoms with E-state index in [9.17, 15) is 0 Å². The van der Waals surface area contributed by atoms with Gasteiger partial charge < -0.3 is 15.1 Å². The minimum atomic E-state index is -0.0327. The molecule has 0 radical (unpaired) electrons. The SMILES string of the molecule is CCNC(C#N)CN(C)C1CCN(C)CC1. The molecule has 0 aromatic carbocycles. The summed E-state index contributed by atoms with van der Waals surface area (Å²) in [6.07, 6.45) is 2.44. The van der Waals surface area contributed by atoms with Gasteiger partial charge in [0.25, 0.3) is 0 Å². The number of rotatable bonds is 5. The maximum atomic E-state index is 9.00. The smallest absolute Gasteiger partial charge is 0.108 e. The van der Waals surface area contributed by atoms with Crippen LogP contribution in [0, 0.1) is 11.3 Å². The molecule has 0 spiro atoms. The lowest BCUT2D eigenvalue weighted by Gasteiger charge is -2.35. The number of nitrogens with one attached hydrogen (secondary N) is 1. The summed E-state index contributed by atoms with van der Waals surface area (Å²) in [5.41, 5.74) is 0. The number of hydrogen-bond acceptors (Lipinski definition) is 4. The predicted octanol–water partition coefficient (Wildman–Crippen LogP) is 0.514. The average molecular weight is 224 g/mol. The first-order valence-corrected chi connectivity index (χ1v) is 6.19. The molecule has 4 heteroatoms. The van der Waals surface area contributed by atoms with Crippen LogP contribution in [0.3, 0.4) is 0 Å². The minimum absolute atomic E-state index is 0.0327. The molecule has 0 amide bonds. The summed E-state index contributed by atoms with van der Waals surface area (Å²) in [6, 6.07) is 2.93. The van der Waals surface area contributed by atoms with Gasteiger partial charge in [-0.2, -0.15) is 5.26 Å². The molecule has 1 rings (SSSR count). The van der Waals surface area contributed by atoms with Crippen LogP contribution >= 0.6 is 0 Å². The van der Waals surface area contributed by atoms with E-state index in [1.165, 1.54) is 25.9 Å². The van der Waals surface area contributed by atoms with Crippen molar-refractivity contribution >= 4 is 0 Å². The molecular weight excluding hydrogens is 200 g/mol. The summed E-state index contributed by atoms with van der Waals surface area (Å²) in [5.74, 6) is 0. The van der Waals surface area contributed by atoms with Crippen molar-refractivity contribution in [1.82, 2.24) is 15.1 Å². The molecular formula is C12H24N4. The summed E-state index contributed by atoms with van der Waals surface area (Å²) >= 11 is 0. The average Bonchev–Trinajstić information content (AvgIpc) is 2.29. The maximum Gasteiger partial charge on any atom is 0.108 e. The lowest BCUT2D eigenvalue weighted by molar-refractivity contribution is 0.140. The first-order valence-electron chi connectivity index (χ1n) is 6.19. The van der Waals surface area contributed by atoms with E-state index in [-0.39, 0.29) is 6.04 Å². The summed E-state index contributed by atoms with van der Waals surface area (Å²) in [6.45, 7) is 6.08. The normalized spacial score (nSPS) is 20.9. The van der Waals surface area contributed by atoms with Gasteiger partial charge in [0, 0.05) is 12.6 Å². The van der Waals surface area contributed by atoms with Crippen LogP contribution in [-0.4, -0.2) is 62.2 Å². The number of nitriles is 1. The Bertz CT molecular complexity index is 228. The Balaban J connectivity index is 2.33. The number of piperidine rings is 1. The van der Waals surface area contributed by atoms with Crippen LogP contribution in [-0.2, 0) is 0 Å². The Morgan fingerprint density at radius 3 is 2.62 bits per heavy atom. The molecule has 0 aliphatic carbocycles. The van der Waals surface area contributed by atoms with Crippen LogP contribution in [0.25, 0.3) is 0 Å². The third-order valence-corrected chi connectivity index (χ3v) is 3.39. The monoisotopic (exact) mass is 224 g/mol. The fraction of sp³-hybridized carbons (Fsp3) is 0.917. The Kier molecular flexibility index (Phi) is 5.75. The van der Waals surface area contributed by atoms with Gasteiger partial charge in [-0.1, -0.05) is 6.92 Å². The van der Waals surface area contributed by atoms with Crippen LogP contribution in [0.5, 0.6) is 0 Å². The fourth-order valence-electron chi connectivity index (χ4n) is 2.27. The minimum Gasteiger partial charge on any atom is -0.306 e. The van der Waals surface area contributed by atoms with E-state index >= 15 is 0 Å². The highest BCUT2D eigenvalue weighted by Gasteiger charge is 2.22. The number of nitrogens with zero attached hydrogens (tertiary/aromatic N) is 3. The van der Waals surface area contributed by atoms with E-state index in [0.717, 1.165) is 13.1 Å². The van der Waals surface area contributed by atoms with E-state index in [0.29, 0.717) is 6.04 Å². The molecule has 1 heterocycles. The van der Waals surface area contributed by atoms with Gasteiger partial charge in [0.15, 0.2) is 0 Å². The van der Waals surface area contributed by atoms with E-state index < -0.39 is 0 Å². The quantitative estimate of drug-likeness (QED) is 0.739. The molecule has 16 heavy (non-hydrogen) atoms. The molecule has 1 unspecified atom stereocenters. The molecule has 1 atom stereocenters. The highest BCUT2D eigenvalue weighted by atomic mass is 15.2. The molecule has 1 aliphatic heterocycles. The molecule has 1 saturated heterocycles. The second-order valence-electron chi connectivity index (χ2n) is 4.71. The van der Waals surface area contributed by atoms with E-state index in [1.54, 1.807) is 0 Å². The molecule has 4 nitrogen and oxygen atoms in total. The lowest BCUT2D eigenvalue weighted by atomic mass is 10.0. The molecule has 0 bridgehead atoms. The molecule has 1 aliphatic rings. The van der Waals surface area contributed by atoms with Gasteiger partial charge in [0.05, 0.1) is 6.07 Å². The molecule has 0 saturated carbocycles. The largest absolute Gasteiger partial charge is 0.306 e. The van der Waals surface area contributed by atoms with Crippen molar-refractivity contribution in [2.45, 2.75) is 31.8 Å². The maximum absolute atomic E-state index is 9.00. The van der Waals surface area contributed by atoms with Gasteiger partial charge in [-0.05, 0) is 46.6 Å². The molecule has 0 aromatic heterocycles. The Morgan fingerprint density at radius 2 is 2.12 bits per heavy atom. The summed E-state index contributed by atoms with van der Waals surface area (Å²) in [5, 5.41) is 12.2. The third kappa shape index (κ3) is 4.09. The first-order chi connectivity index (χ1) is 7.67. The van der Waals surface area contributed by atoms with Crippen molar-refractivity contribution in [1.29, 1.82) is 5.26 Å². The zero-order valence-electron chi connectivity index (χ0n) is 10.7. The van der Waals surface area contributed by atoms with Crippen molar-refractivity contribution in [2.24, 2.45) is 0 Å². The Morgan fingerprint density at radius 1 is 1.50 bits per heavy atom. The molecule has 1 N–H and O–H groups in total. The van der Waals surface area contributed by atoms with Gasteiger partial charge in [0.2, 0.25) is 0 Å². The van der Waals surface area contributed by atoms with E-state index in [1.807, 2.05) is 6.92 Å². The Labute approximate surface area is 99.2 Å². The van der Waals surface area contributed by atoms with Crippen LogP contribution in [0.15, 0.2) is 0 Å². The van der Waals surface area contributed by atoms with Gasteiger partial charge in [-0.3, -0.25) is 0 Å². The van der Waals surface area contributed by atoms with Crippen LogP contribution < -0.4 is 5.32 Å². The second-order valence-corrected chi connectivity index (χ2v) is 4.71. The van der Waals surface area contributed by atoms with Crippen LogP contribution in [0.2, 0.25) is 0 Å².